The molecule has 2 aromatic heterocycles. The molecule has 0 bridgehead atoms. The van der Waals surface area contributed by atoms with Crippen molar-refractivity contribution in [2.24, 2.45) is 0 Å². The lowest BCUT2D eigenvalue weighted by Crippen LogP contribution is -2.55. The first-order valence-corrected chi connectivity index (χ1v) is 18.7. The number of nitrogens with zero attached hydrogens (tertiary/aromatic N) is 8. The van der Waals surface area contributed by atoms with Crippen LogP contribution in [0.2, 0.25) is 0 Å². The standard InChI is InChI=1S/C42H46N8O4/c1-29-10-8-20-43-33(29)27-47-22-16-41(17-23-47)37(51)49(39(53)45(41)3)35-15-14-32(31-12-6-5-7-13-31)26-36(35)50-38(52)42(46(4)40(50)54)18-24-48(25-19-42)28-34-30(2)11-9-21-44-34/h5-15,20-21,26H,16-19,22-25,27-28H2,1-4H3. The summed E-state index contributed by atoms with van der Waals surface area (Å²) in [6, 6.07) is 22.0. The van der Waals surface area contributed by atoms with Crippen molar-refractivity contribution in [3.63, 3.8) is 0 Å². The molecule has 4 aromatic rings. The van der Waals surface area contributed by atoms with Crippen LogP contribution in [0.25, 0.3) is 11.1 Å². The first kappa shape index (κ1) is 35.6. The van der Waals surface area contributed by atoms with Crippen LogP contribution in [0.4, 0.5) is 21.0 Å². The van der Waals surface area contributed by atoms with Gasteiger partial charge < -0.3 is 9.80 Å². The fraction of sp³-hybridized carbons (Fsp3) is 0.381. The average molecular weight is 727 g/mol. The van der Waals surface area contributed by atoms with Gasteiger partial charge in [0, 0.05) is 65.8 Å². The highest BCUT2D eigenvalue weighted by Crippen LogP contribution is 2.46. The minimum Gasteiger partial charge on any atom is -0.312 e. The predicted octanol–water partition coefficient (Wildman–Crippen LogP) is 5.63. The number of pyridine rings is 2. The summed E-state index contributed by atoms with van der Waals surface area (Å²) in [6.07, 6.45) is 5.40. The summed E-state index contributed by atoms with van der Waals surface area (Å²) in [5.74, 6) is -0.673. The Morgan fingerprint density at radius 2 is 1.02 bits per heavy atom. The zero-order chi connectivity index (χ0) is 37.8. The summed E-state index contributed by atoms with van der Waals surface area (Å²) >= 11 is 0. The second-order valence-electron chi connectivity index (χ2n) is 15.2. The second kappa shape index (κ2) is 13.7. The minimum atomic E-state index is -1.05. The number of hydrogen-bond donors (Lipinski definition) is 0. The van der Waals surface area contributed by atoms with E-state index in [9.17, 15) is 19.2 Å². The Hall–Kier alpha value is -5.46. The summed E-state index contributed by atoms with van der Waals surface area (Å²) < 4.78 is 0. The van der Waals surface area contributed by atoms with Gasteiger partial charge in [0.05, 0.1) is 22.8 Å². The van der Waals surface area contributed by atoms with E-state index in [-0.39, 0.29) is 23.2 Å². The van der Waals surface area contributed by atoms with Gasteiger partial charge in [0.2, 0.25) is 0 Å². The summed E-state index contributed by atoms with van der Waals surface area (Å²) in [5, 5.41) is 0. The first-order valence-electron chi connectivity index (χ1n) is 18.7. The van der Waals surface area contributed by atoms with Crippen molar-refractivity contribution >= 4 is 35.3 Å². The highest BCUT2D eigenvalue weighted by atomic mass is 16.2. The Morgan fingerprint density at radius 3 is 1.48 bits per heavy atom. The van der Waals surface area contributed by atoms with E-state index in [0.717, 1.165) is 33.6 Å². The molecule has 4 aliphatic heterocycles. The highest BCUT2D eigenvalue weighted by molar-refractivity contribution is 6.29. The molecule has 54 heavy (non-hydrogen) atoms. The van der Waals surface area contributed by atoms with Gasteiger partial charge in [-0.15, -0.1) is 0 Å². The quantitative estimate of drug-likeness (QED) is 0.226. The van der Waals surface area contributed by atoms with E-state index in [4.69, 9.17) is 0 Å². The third-order valence-corrected chi connectivity index (χ3v) is 12.4. The van der Waals surface area contributed by atoms with Crippen molar-refractivity contribution in [2.45, 2.75) is 63.7 Å². The lowest BCUT2D eigenvalue weighted by atomic mass is 9.85. The molecule has 0 N–H and O–H groups in total. The molecule has 0 aliphatic carbocycles. The van der Waals surface area contributed by atoms with Crippen LogP contribution < -0.4 is 9.80 Å². The molecule has 4 fully saturated rings. The maximum atomic E-state index is 14.8. The third kappa shape index (κ3) is 5.75. The van der Waals surface area contributed by atoms with Gasteiger partial charge in [-0.25, -0.2) is 19.4 Å². The molecule has 8 rings (SSSR count). The molecule has 0 atom stereocenters. The van der Waals surface area contributed by atoms with Crippen molar-refractivity contribution in [3.8, 4) is 11.1 Å². The number of aromatic nitrogens is 2. The van der Waals surface area contributed by atoms with Gasteiger partial charge >= 0.3 is 12.1 Å². The van der Waals surface area contributed by atoms with Crippen molar-refractivity contribution in [2.75, 3.05) is 50.1 Å². The normalized spacial score (nSPS) is 20.3. The van der Waals surface area contributed by atoms with Crippen molar-refractivity contribution in [3.05, 3.63) is 108 Å². The summed E-state index contributed by atoms with van der Waals surface area (Å²) in [5.41, 5.74) is 4.24. The van der Waals surface area contributed by atoms with E-state index in [2.05, 4.69) is 19.8 Å². The zero-order valence-corrected chi connectivity index (χ0v) is 31.4. The smallest absolute Gasteiger partial charge is 0.312 e. The lowest BCUT2D eigenvalue weighted by Gasteiger charge is -2.40. The van der Waals surface area contributed by atoms with Crippen LogP contribution in [0.1, 0.15) is 48.2 Å². The number of likely N-dealkylation sites (N-methyl/N-ethyl adjacent to an activating group) is 2. The number of likely N-dealkylation sites (tertiary alicyclic amines) is 2. The topological polar surface area (TPSA) is 113 Å². The van der Waals surface area contributed by atoms with Crippen LogP contribution in [-0.4, -0.2) is 105 Å². The number of benzene rings is 2. The van der Waals surface area contributed by atoms with Crippen LogP contribution in [0, 0.1) is 13.8 Å². The van der Waals surface area contributed by atoms with Crippen LogP contribution in [0.15, 0.2) is 85.2 Å². The molecule has 2 aromatic carbocycles. The van der Waals surface area contributed by atoms with Gasteiger partial charge in [-0.1, -0.05) is 48.5 Å². The number of amides is 6. The summed E-state index contributed by atoms with van der Waals surface area (Å²) in [6.45, 7) is 7.86. The van der Waals surface area contributed by atoms with Gasteiger partial charge in [-0.05, 0) is 86.1 Å². The Bertz CT molecular complexity index is 2120. The second-order valence-corrected chi connectivity index (χ2v) is 15.2. The van der Waals surface area contributed by atoms with Gasteiger partial charge in [0.15, 0.2) is 0 Å². The Labute approximate surface area is 316 Å². The van der Waals surface area contributed by atoms with E-state index < -0.39 is 23.1 Å². The predicted molar refractivity (Wildman–Crippen MR) is 206 cm³/mol. The summed E-state index contributed by atoms with van der Waals surface area (Å²) in [7, 11) is 3.38. The summed E-state index contributed by atoms with van der Waals surface area (Å²) in [4.78, 5) is 77.3. The molecular weight excluding hydrogens is 681 g/mol. The van der Waals surface area contributed by atoms with Crippen LogP contribution in [0.5, 0.6) is 0 Å². The molecule has 4 aliphatic rings. The molecule has 12 nitrogen and oxygen atoms in total. The van der Waals surface area contributed by atoms with Crippen molar-refractivity contribution in [1.82, 2.24) is 29.6 Å². The number of carbonyl (C=O) groups is 4. The molecule has 0 radical (unpaired) electrons. The highest BCUT2D eigenvalue weighted by Gasteiger charge is 2.60. The molecule has 4 saturated heterocycles. The number of rotatable bonds is 7. The van der Waals surface area contributed by atoms with E-state index in [1.165, 1.54) is 9.80 Å². The van der Waals surface area contributed by atoms with Crippen LogP contribution >= 0.6 is 0 Å². The molecule has 278 valence electrons. The molecule has 2 spiro atoms. The Morgan fingerprint density at radius 1 is 0.556 bits per heavy atom. The number of hydrogen-bond acceptors (Lipinski definition) is 8. The van der Waals surface area contributed by atoms with Gasteiger partial charge in [-0.2, -0.15) is 0 Å². The molecule has 6 amide bonds. The number of carbonyl (C=O) groups excluding carboxylic acids is 4. The largest absolute Gasteiger partial charge is 0.332 e. The van der Waals surface area contributed by atoms with E-state index in [0.29, 0.717) is 65.0 Å². The molecule has 0 saturated carbocycles. The maximum absolute atomic E-state index is 14.8. The third-order valence-electron chi connectivity index (χ3n) is 12.4. The van der Waals surface area contributed by atoms with E-state index in [1.807, 2.05) is 74.5 Å². The molecule has 0 unspecified atom stereocenters. The maximum Gasteiger partial charge on any atom is 0.332 e. The van der Waals surface area contributed by atoms with E-state index in [1.54, 1.807) is 48.4 Å². The average Bonchev–Trinajstić information content (AvgIpc) is 3.48. The minimum absolute atomic E-state index is 0.232. The number of urea groups is 2. The molecular formula is C42H46N8O4. The number of piperidine rings is 2. The van der Waals surface area contributed by atoms with Crippen LogP contribution in [-0.2, 0) is 22.7 Å². The Balaban J connectivity index is 1.10. The molecule has 6 heterocycles. The van der Waals surface area contributed by atoms with Gasteiger partial charge in [0.25, 0.3) is 11.8 Å². The number of imide groups is 2. The SMILES string of the molecule is Cc1cccnc1CN1CCC2(CC1)C(=O)N(c1ccc(-c3ccccc3)cc1N1C(=O)N(C)C3(CCN(Cc4ncccc4C)CC3)C1=O)C(=O)N2C. The van der Waals surface area contributed by atoms with Gasteiger partial charge in [0.1, 0.15) is 11.1 Å². The fourth-order valence-electron chi connectivity index (χ4n) is 8.72. The number of anilines is 2. The molecule has 12 heteroatoms. The van der Waals surface area contributed by atoms with E-state index >= 15 is 0 Å². The van der Waals surface area contributed by atoms with Crippen molar-refractivity contribution in [1.29, 1.82) is 0 Å². The van der Waals surface area contributed by atoms with Crippen LogP contribution in [0.3, 0.4) is 0 Å². The lowest BCUT2D eigenvalue weighted by molar-refractivity contribution is -0.127. The zero-order valence-electron chi connectivity index (χ0n) is 31.4. The van der Waals surface area contributed by atoms with Gasteiger partial charge in [-0.3, -0.25) is 29.4 Å². The first-order chi connectivity index (χ1) is 26.0. The van der Waals surface area contributed by atoms with Crippen molar-refractivity contribution < 1.29 is 19.2 Å². The number of aryl methyl sites for hydroxylation is 2. The fourth-order valence-corrected chi connectivity index (χ4v) is 8.72. The monoisotopic (exact) mass is 726 g/mol. The Kier molecular flexibility index (Phi) is 9.06.